The normalized spacial score (nSPS) is 23.6. The molecule has 1 aromatic carbocycles. The molecule has 0 N–H and O–H groups in total. The van der Waals surface area contributed by atoms with E-state index in [4.69, 9.17) is 5.26 Å². The van der Waals surface area contributed by atoms with Crippen LogP contribution < -0.4 is 0 Å². The van der Waals surface area contributed by atoms with Crippen molar-refractivity contribution in [2.24, 2.45) is 9.69 Å². The highest BCUT2D eigenvalue weighted by Crippen LogP contribution is 2.20. The lowest BCUT2D eigenvalue weighted by molar-refractivity contribution is 0.597. The average Bonchev–Trinajstić information content (AvgIpc) is 2.40. The highest BCUT2D eigenvalue weighted by molar-refractivity contribution is 8.00. The Labute approximate surface area is 116 Å². The Morgan fingerprint density at radius 2 is 1.84 bits per heavy atom. The summed E-state index contributed by atoms with van der Waals surface area (Å²) >= 11 is 0. The minimum absolute atomic E-state index is 0.0704. The smallest absolute Gasteiger partial charge is 0.199 e. The Morgan fingerprint density at radius 3 is 2.37 bits per heavy atom. The minimum Gasteiger partial charge on any atom is -0.199 e. The second kappa shape index (κ2) is 5.85. The van der Waals surface area contributed by atoms with E-state index in [1.54, 1.807) is 24.3 Å². The van der Waals surface area contributed by atoms with E-state index in [1.807, 2.05) is 6.92 Å². The summed E-state index contributed by atoms with van der Waals surface area (Å²) in [5, 5.41) is 8.82. The number of nitriles is 1. The van der Waals surface area contributed by atoms with Gasteiger partial charge < -0.3 is 0 Å². The molecule has 6 heteroatoms. The first-order chi connectivity index (χ1) is 9.01. The molecule has 1 fully saturated rings. The number of sulfonamides is 1. The molecule has 1 aliphatic heterocycles. The van der Waals surface area contributed by atoms with Gasteiger partial charge in [0.25, 0.3) is 10.0 Å². The zero-order chi connectivity index (χ0) is 13.9. The SMILES string of the molecule is Cc1ccc(S(=O)(=O)N=S2CCC(C#N)CC2)cc1. The van der Waals surface area contributed by atoms with E-state index in [-0.39, 0.29) is 10.8 Å². The van der Waals surface area contributed by atoms with Crippen LogP contribution in [0.4, 0.5) is 0 Å². The largest absolute Gasteiger partial charge is 0.287 e. The van der Waals surface area contributed by atoms with Crippen LogP contribution in [0.25, 0.3) is 0 Å². The fraction of sp³-hybridized carbons (Fsp3) is 0.462. The van der Waals surface area contributed by atoms with Crippen molar-refractivity contribution < 1.29 is 8.42 Å². The second-order valence-electron chi connectivity index (χ2n) is 4.64. The summed E-state index contributed by atoms with van der Waals surface area (Å²) in [4.78, 5) is 0.257. The summed E-state index contributed by atoms with van der Waals surface area (Å²) in [6.45, 7) is 1.92. The lowest BCUT2D eigenvalue weighted by Crippen LogP contribution is -2.18. The first-order valence-corrected chi connectivity index (χ1v) is 9.09. The maximum atomic E-state index is 12.1. The number of hydrogen-bond donors (Lipinski definition) is 0. The molecular weight excluding hydrogens is 280 g/mol. The highest BCUT2D eigenvalue weighted by Gasteiger charge is 2.19. The van der Waals surface area contributed by atoms with Gasteiger partial charge in [0.15, 0.2) is 0 Å². The van der Waals surface area contributed by atoms with E-state index < -0.39 is 20.7 Å². The van der Waals surface area contributed by atoms with Crippen LogP contribution in [0.3, 0.4) is 0 Å². The van der Waals surface area contributed by atoms with E-state index in [9.17, 15) is 8.42 Å². The zero-order valence-corrected chi connectivity index (χ0v) is 12.4. The Kier molecular flexibility index (Phi) is 4.38. The Bertz CT molecular complexity index is 618. The van der Waals surface area contributed by atoms with Gasteiger partial charge in [0.05, 0.1) is 11.0 Å². The van der Waals surface area contributed by atoms with Gasteiger partial charge in [0.1, 0.15) is 0 Å². The molecular formula is C13H16N2O2S2. The van der Waals surface area contributed by atoms with E-state index in [0.29, 0.717) is 11.5 Å². The first-order valence-electron chi connectivity index (χ1n) is 6.13. The van der Waals surface area contributed by atoms with Crippen molar-refractivity contribution in [3.05, 3.63) is 29.8 Å². The molecule has 1 heterocycles. The minimum atomic E-state index is -3.55. The third-order valence-electron chi connectivity index (χ3n) is 3.11. The summed E-state index contributed by atoms with van der Waals surface area (Å²) < 4.78 is 28.3. The van der Waals surface area contributed by atoms with Crippen LogP contribution in [-0.4, -0.2) is 19.9 Å². The van der Waals surface area contributed by atoms with E-state index in [0.717, 1.165) is 18.4 Å². The van der Waals surface area contributed by atoms with Gasteiger partial charge in [-0.3, -0.25) is 0 Å². The topological polar surface area (TPSA) is 70.3 Å². The van der Waals surface area contributed by atoms with Crippen LogP contribution in [0.5, 0.6) is 0 Å². The number of nitrogens with zero attached hydrogens (tertiary/aromatic N) is 2. The van der Waals surface area contributed by atoms with E-state index in [1.165, 1.54) is 0 Å². The lowest BCUT2D eigenvalue weighted by Gasteiger charge is -2.17. The van der Waals surface area contributed by atoms with E-state index >= 15 is 0 Å². The number of rotatable bonds is 2. The van der Waals surface area contributed by atoms with Gasteiger partial charge in [-0.15, -0.1) is 3.77 Å². The predicted octanol–water partition coefficient (Wildman–Crippen LogP) is 2.42. The van der Waals surface area contributed by atoms with Gasteiger partial charge in [-0.2, -0.15) is 13.7 Å². The molecule has 0 aromatic heterocycles. The molecule has 0 bridgehead atoms. The van der Waals surface area contributed by atoms with Crippen LogP contribution in [0.15, 0.2) is 32.9 Å². The van der Waals surface area contributed by atoms with Gasteiger partial charge in [0, 0.05) is 17.4 Å². The molecule has 19 heavy (non-hydrogen) atoms. The third kappa shape index (κ3) is 3.64. The standard InChI is InChI=1S/C13H16N2O2S2/c1-11-2-4-13(5-3-11)19(16,17)15-18-8-6-12(10-14)7-9-18/h2-5,12H,6-9H2,1H3. The third-order valence-corrected chi connectivity index (χ3v) is 7.02. The van der Waals surface area contributed by atoms with Crippen LogP contribution in [0.1, 0.15) is 18.4 Å². The number of aryl methyl sites for hydroxylation is 1. The van der Waals surface area contributed by atoms with Gasteiger partial charge >= 0.3 is 0 Å². The fourth-order valence-electron chi connectivity index (χ4n) is 1.90. The van der Waals surface area contributed by atoms with Crippen LogP contribution >= 0.6 is 0 Å². The lowest BCUT2D eigenvalue weighted by atomic mass is 10.1. The Hall–Kier alpha value is -1.19. The molecule has 4 nitrogen and oxygen atoms in total. The maximum absolute atomic E-state index is 12.1. The van der Waals surface area contributed by atoms with Crippen molar-refractivity contribution in [2.75, 3.05) is 11.5 Å². The summed E-state index contributed by atoms with van der Waals surface area (Å²) in [5.41, 5.74) is 1.02. The Morgan fingerprint density at radius 1 is 1.26 bits per heavy atom. The fourth-order valence-corrected chi connectivity index (χ4v) is 5.75. The van der Waals surface area contributed by atoms with Gasteiger partial charge in [-0.1, -0.05) is 28.4 Å². The molecule has 2 rings (SSSR count). The molecule has 0 spiro atoms. The first kappa shape index (κ1) is 14.2. The van der Waals surface area contributed by atoms with E-state index in [2.05, 4.69) is 9.84 Å². The van der Waals surface area contributed by atoms with Gasteiger partial charge in [-0.05, 0) is 31.9 Å². The molecule has 1 aromatic rings. The molecule has 0 saturated carbocycles. The monoisotopic (exact) mass is 296 g/mol. The van der Waals surface area contributed by atoms with Crippen molar-refractivity contribution >= 4 is 20.7 Å². The molecule has 0 aliphatic carbocycles. The van der Waals surface area contributed by atoms with Crippen molar-refractivity contribution in [1.82, 2.24) is 0 Å². The molecule has 0 amide bonds. The molecule has 1 saturated heterocycles. The van der Waals surface area contributed by atoms with Crippen LogP contribution in [0, 0.1) is 24.2 Å². The summed E-state index contributed by atoms with van der Waals surface area (Å²) in [6.07, 6.45) is 1.51. The zero-order valence-electron chi connectivity index (χ0n) is 10.7. The van der Waals surface area contributed by atoms with Crippen molar-refractivity contribution in [3.63, 3.8) is 0 Å². The predicted molar refractivity (Wildman–Crippen MR) is 76.2 cm³/mol. The van der Waals surface area contributed by atoms with Crippen molar-refractivity contribution in [3.8, 4) is 6.07 Å². The molecule has 0 unspecified atom stereocenters. The number of hydrogen-bond acceptors (Lipinski definition) is 3. The van der Waals surface area contributed by atoms with Crippen LogP contribution in [-0.2, 0) is 20.7 Å². The van der Waals surface area contributed by atoms with Crippen molar-refractivity contribution in [1.29, 1.82) is 5.26 Å². The molecule has 0 radical (unpaired) electrons. The summed E-state index contributed by atoms with van der Waals surface area (Å²) in [7, 11) is -4.00. The average molecular weight is 296 g/mol. The summed E-state index contributed by atoms with van der Waals surface area (Å²) in [6, 6.07) is 8.98. The quantitative estimate of drug-likeness (QED) is 0.841. The molecule has 1 aliphatic rings. The van der Waals surface area contributed by atoms with Crippen LogP contribution in [0.2, 0.25) is 0 Å². The van der Waals surface area contributed by atoms with Gasteiger partial charge in [-0.25, -0.2) is 0 Å². The summed E-state index contributed by atoms with van der Waals surface area (Å²) in [5.74, 6) is 1.49. The second-order valence-corrected chi connectivity index (χ2v) is 8.40. The van der Waals surface area contributed by atoms with Crippen molar-refractivity contribution in [2.45, 2.75) is 24.7 Å². The van der Waals surface area contributed by atoms with Gasteiger partial charge in [0.2, 0.25) is 0 Å². The highest BCUT2D eigenvalue weighted by atomic mass is 32.3. The molecule has 0 atom stereocenters. The molecule has 102 valence electrons. The Balaban J connectivity index is 2.18. The maximum Gasteiger partial charge on any atom is 0.287 e. The number of benzene rings is 1.